The van der Waals surface area contributed by atoms with Gasteiger partial charge in [-0.15, -0.1) is 12.4 Å². The van der Waals surface area contributed by atoms with Gasteiger partial charge in [0.15, 0.2) is 0 Å². The van der Waals surface area contributed by atoms with Crippen LogP contribution in [0.5, 0.6) is 0 Å². The molecule has 21 heavy (non-hydrogen) atoms. The van der Waals surface area contributed by atoms with Gasteiger partial charge in [-0.05, 0) is 48.7 Å². The second-order valence-electron chi connectivity index (χ2n) is 5.27. The van der Waals surface area contributed by atoms with Gasteiger partial charge in [0.2, 0.25) is 0 Å². The van der Waals surface area contributed by atoms with Gasteiger partial charge < -0.3 is 5.32 Å². The lowest BCUT2D eigenvalue weighted by molar-refractivity contribution is 0.471. The van der Waals surface area contributed by atoms with E-state index >= 15 is 0 Å². The van der Waals surface area contributed by atoms with Crippen LogP contribution in [0.3, 0.4) is 0 Å². The number of hydrogen-bond donors (Lipinski definition) is 1. The summed E-state index contributed by atoms with van der Waals surface area (Å²) in [6.07, 6.45) is 2.26. The van der Waals surface area contributed by atoms with Crippen molar-refractivity contribution >= 4 is 35.6 Å². The summed E-state index contributed by atoms with van der Waals surface area (Å²) in [7, 11) is 2.03. The number of halogens is 3. The fourth-order valence-electron chi connectivity index (χ4n) is 3.17. The molecule has 1 nitrogen and oxygen atoms in total. The molecule has 2 aromatic rings. The van der Waals surface area contributed by atoms with E-state index in [1.165, 1.54) is 16.7 Å². The summed E-state index contributed by atoms with van der Waals surface area (Å²) in [5.74, 6) is 0.408. The zero-order chi connectivity index (χ0) is 14.1. The second kappa shape index (κ2) is 7.02. The highest BCUT2D eigenvalue weighted by molar-refractivity contribution is 6.42. The molecule has 0 saturated carbocycles. The summed E-state index contributed by atoms with van der Waals surface area (Å²) in [5.41, 5.74) is 4.05. The second-order valence-corrected chi connectivity index (χ2v) is 6.09. The summed E-state index contributed by atoms with van der Waals surface area (Å²) in [4.78, 5) is 0. The van der Waals surface area contributed by atoms with Crippen LogP contribution in [0.2, 0.25) is 10.0 Å². The number of fused-ring (bicyclic) bond motifs is 1. The molecule has 0 aromatic heterocycles. The topological polar surface area (TPSA) is 12.0 Å². The molecule has 2 aromatic carbocycles. The van der Waals surface area contributed by atoms with Crippen LogP contribution < -0.4 is 5.32 Å². The van der Waals surface area contributed by atoms with E-state index in [0.717, 1.165) is 12.8 Å². The zero-order valence-electron chi connectivity index (χ0n) is 11.8. The molecule has 112 valence electrons. The minimum Gasteiger partial charge on any atom is -0.313 e. The Kier molecular flexibility index (Phi) is 5.56. The summed E-state index contributed by atoms with van der Waals surface area (Å²) in [6, 6.07) is 15.1. The first-order valence-electron chi connectivity index (χ1n) is 6.91. The molecule has 0 radical (unpaired) electrons. The standard InChI is InChI=1S/C17H17Cl2N.ClH/c1-20-17-9-7-12(13-4-2-3-5-14(13)17)11-6-8-15(18)16(19)10-11;/h2-6,8,10,12,17,20H,7,9H2,1H3;1H/t12?,17-;/m0./s1. The zero-order valence-corrected chi connectivity index (χ0v) is 14.1. The number of nitrogens with one attached hydrogen (secondary N) is 1. The average molecular weight is 343 g/mol. The Bertz CT molecular complexity index is 627. The molecule has 3 rings (SSSR count). The van der Waals surface area contributed by atoms with Crippen molar-refractivity contribution in [1.82, 2.24) is 5.32 Å². The predicted octanol–water partition coefficient (Wildman–Crippen LogP) is 5.60. The lowest BCUT2D eigenvalue weighted by Gasteiger charge is -2.32. The van der Waals surface area contributed by atoms with E-state index in [4.69, 9.17) is 23.2 Å². The minimum absolute atomic E-state index is 0. The van der Waals surface area contributed by atoms with Crippen LogP contribution in [0, 0.1) is 0 Å². The average Bonchev–Trinajstić information content (AvgIpc) is 2.49. The maximum Gasteiger partial charge on any atom is 0.0595 e. The molecule has 1 N–H and O–H groups in total. The van der Waals surface area contributed by atoms with Gasteiger partial charge in [-0.2, -0.15) is 0 Å². The first-order valence-corrected chi connectivity index (χ1v) is 7.67. The van der Waals surface area contributed by atoms with Crippen LogP contribution in [-0.2, 0) is 0 Å². The van der Waals surface area contributed by atoms with Crippen molar-refractivity contribution in [3.8, 4) is 0 Å². The third-order valence-corrected chi connectivity index (χ3v) is 4.92. The van der Waals surface area contributed by atoms with Gasteiger partial charge in [0.05, 0.1) is 10.0 Å². The van der Waals surface area contributed by atoms with Crippen molar-refractivity contribution in [2.45, 2.75) is 24.8 Å². The third-order valence-electron chi connectivity index (χ3n) is 4.19. The smallest absolute Gasteiger partial charge is 0.0595 e. The number of rotatable bonds is 2. The monoisotopic (exact) mass is 341 g/mol. The summed E-state index contributed by atoms with van der Waals surface area (Å²) >= 11 is 12.2. The highest BCUT2D eigenvalue weighted by atomic mass is 35.5. The molecule has 1 aliphatic carbocycles. The van der Waals surface area contributed by atoms with Gasteiger partial charge in [-0.1, -0.05) is 53.5 Å². The first kappa shape index (κ1) is 16.6. The molecule has 1 aliphatic rings. The molecule has 0 saturated heterocycles. The fraction of sp³-hybridized carbons (Fsp3) is 0.294. The van der Waals surface area contributed by atoms with Crippen molar-refractivity contribution in [2.24, 2.45) is 0 Å². The fourth-order valence-corrected chi connectivity index (χ4v) is 3.47. The molecule has 0 fully saturated rings. The van der Waals surface area contributed by atoms with Crippen LogP contribution in [0.15, 0.2) is 42.5 Å². The van der Waals surface area contributed by atoms with Crippen LogP contribution in [0.4, 0.5) is 0 Å². The van der Waals surface area contributed by atoms with Crippen molar-refractivity contribution in [3.05, 3.63) is 69.2 Å². The number of hydrogen-bond acceptors (Lipinski definition) is 1. The van der Waals surface area contributed by atoms with E-state index in [0.29, 0.717) is 22.0 Å². The quantitative estimate of drug-likeness (QED) is 0.749. The Morgan fingerprint density at radius 3 is 2.33 bits per heavy atom. The molecule has 1 unspecified atom stereocenters. The van der Waals surface area contributed by atoms with E-state index in [-0.39, 0.29) is 12.4 Å². The van der Waals surface area contributed by atoms with Gasteiger partial charge in [0.1, 0.15) is 0 Å². The Morgan fingerprint density at radius 2 is 1.67 bits per heavy atom. The van der Waals surface area contributed by atoms with Gasteiger partial charge in [0.25, 0.3) is 0 Å². The summed E-state index contributed by atoms with van der Waals surface area (Å²) in [5, 5.41) is 4.66. The SMILES string of the molecule is CN[C@H]1CCC(c2ccc(Cl)c(Cl)c2)c2ccccc21.Cl. The Balaban J connectivity index is 0.00000161. The van der Waals surface area contributed by atoms with Gasteiger partial charge >= 0.3 is 0 Å². The van der Waals surface area contributed by atoms with Crippen LogP contribution in [0.25, 0.3) is 0 Å². The van der Waals surface area contributed by atoms with Crippen LogP contribution in [-0.4, -0.2) is 7.05 Å². The van der Waals surface area contributed by atoms with E-state index in [1.807, 2.05) is 19.2 Å². The normalized spacial score (nSPS) is 20.5. The molecular weight excluding hydrogens is 325 g/mol. The highest BCUT2D eigenvalue weighted by Crippen LogP contribution is 2.42. The molecule has 0 spiro atoms. The van der Waals surface area contributed by atoms with Gasteiger partial charge in [0, 0.05) is 12.0 Å². The molecule has 4 heteroatoms. The molecule has 0 heterocycles. The summed E-state index contributed by atoms with van der Waals surface area (Å²) < 4.78 is 0. The largest absolute Gasteiger partial charge is 0.313 e. The predicted molar refractivity (Wildman–Crippen MR) is 93.0 cm³/mol. The maximum atomic E-state index is 6.17. The van der Waals surface area contributed by atoms with Gasteiger partial charge in [-0.3, -0.25) is 0 Å². The Labute approximate surface area is 142 Å². The van der Waals surface area contributed by atoms with Crippen molar-refractivity contribution in [2.75, 3.05) is 7.05 Å². The first-order chi connectivity index (χ1) is 9.70. The van der Waals surface area contributed by atoms with Crippen molar-refractivity contribution < 1.29 is 0 Å². The maximum absolute atomic E-state index is 6.17. The van der Waals surface area contributed by atoms with E-state index in [1.54, 1.807) is 0 Å². The minimum atomic E-state index is 0. The molecule has 0 aliphatic heterocycles. The van der Waals surface area contributed by atoms with E-state index in [9.17, 15) is 0 Å². The highest BCUT2D eigenvalue weighted by Gasteiger charge is 2.27. The summed E-state index contributed by atoms with van der Waals surface area (Å²) in [6.45, 7) is 0. The van der Waals surface area contributed by atoms with E-state index in [2.05, 4.69) is 35.6 Å². The lowest BCUT2D eigenvalue weighted by Crippen LogP contribution is -2.24. The third kappa shape index (κ3) is 3.22. The molecular formula is C17H18Cl3N. The van der Waals surface area contributed by atoms with Crippen molar-refractivity contribution in [1.29, 1.82) is 0 Å². The lowest BCUT2D eigenvalue weighted by atomic mass is 9.77. The molecule has 0 bridgehead atoms. The molecule has 2 atom stereocenters. The van der Waals surface area contributed by atoms with Crippen LogP contribution in [0.1, 0.15) is 41.5 Å². The van der Waals surface area contributed by atoms with Crippen molar-refractivity contribution in [3.63, 3.8) is 0 Å². The molecule has 0 amide bonds. The Morgan fingerprint density at radius 1 is 0.952 bits per heavy atom. The Hall–Kier alpha value is -0.730. The van der Waals surface area contributed by atoms with Gasteiger partial charge in [-0.25, -0.2) is 0 Å². The number of benzene rings is 2. The van der Waals surface area contributed by atoms with Crippen LogP contribution >= 0.6 is 35.6 Å². The van der Waals surface area contributed by atoms with E-state index < -0.39 is 0 Å².